The minimum Gasteiger partial charge on any atom is -0.346 e. The van der Waals surface area contributed by atoms with Crippen molar-refractivity contribution in [3.8, 4) is 0 Å². The smallest absolute Gasteiger partial charge is 0.252 e. The molecule has 0 saturated carbocycles. The summed E-state index contributed by atoms with van der Waals surface area (Å²) in [4.78, 5) is 27.2. The molecule has 0 spiro atoms. The van der Waals surface area contributed by atoms with Crippen molar-refractivity contribution in [3.05, 3.63) is 142 Å². The van der Waals surface area contributed by atoms with Crippen LogP contribution < -0.4 is 10.6 Å². The summed E-state index contributed by atoms with van der Waals surface area (Å²) in [6, 6.07) is 32.3. The number of rotatable bonds is 6. The van der Waals surface area contributed by atoms with Gasteiger partial charge in [0.25, 0.3) is 11.8 Å². The Morgan fingerprint density at radius 1 is 0.553 bits per heavy atom. The van der Waals surface area contributed by atoms with Gasteiger partial charge in [-0.05, 0) is 85.0 Å². The Balaban J connectivity index is 1.49. The van der Waals surface area contributed by atoms with Crippen LogP contribution in [0.4, 0.5) is 0 Å². The fraction of sp³-hybridized carbons (Fsp3) is 0.235. The van der Waals surface area contributed by atoms with Gasteiger partial charge in [0.15, 0.2) is 0 Å². The molecule has 0 saturated heterocycles. The van der Waals surface area contributed by atoms with Crippen LogP contribution in [0.15, 0.2) is 97.1 Å². The second-order valence-electron chi connectivity index (χ2n) is 10.2. The minimum absolute atomic E-state index is 0.104. The van der Waals surface area contributed by atoms with E-state index < -0.39 is 0 Å². The van der Waals surface area contributed by atoms with Gasteiger partial charge < -0.3 is 10.6 Å². The van der Waals surface area contributed by atoms with Crippen LogP contribution in [0.25, 0.3) is 0 Å². The third kappa shape index (κ3) is 5.86. The number of hydrogen-bond donors (Lipinski definition) is 2. The van der Waals surface area contributed by atoms with Gasteiger partial charge in [-0.1, -0.05) is 84.9 Å². The molecule has 0 aliphatic heterocycles. The van der Waals surface area contributed by atoms with Crippen molar-refractivity contribution in [2.45, 2.75) is 51.6 Å². The second kappa shape index (κ2) is 11.5. The Labute approximate surface area is 225 Å². The van der Waals surface area contributed by atoms with Gasteiger partial charge in [-0.25, -0.2) is 0 Å². The van der Waals surface area contributed by atoms with Crippen LogP contribution in [0.1, 0.15) is 80.0 Å². The number of aryl methyl sites for hydroxylation is 4. The molecule has 4 heteroatoms. The molecule has 0 heterocycles. The molecule has 2 N–H and O–H groups in total. The third-order valence-corrected chi connectivity index (χ3v) is 7.50. The van der Waals surface area contributed by atoms with E-state index in [0.29, 0.717) is 24.0 Å². The van der Waals surface area contributed by atoms with Gasteiger partial charge in [0, 0.05) is 11.1 Å². The van der Waals surface area contributed by atoms with Crippen molar-refractivity contribution in [2.24, 2.45) is 0 Å². The fourth-order valence-electron chi connectivity index (χ4n) is 5.16. The Kier molecular flexibility index (Phi) is 7.69. The summed E-state index contributed by atoms with van der Waals surface area (Å²) in [5.74, 6) is -0.207. The molecule has 192 valence electrons. The maximum atomic E-state index is 13.6. The van der Waals surface area contributed by atoms with E-state index in [1.807, 2.05) is 86.6 Å². The molecule has 0 radical (unpaired) electrons. The topological polar surface area (TPSA) is 58.2 Å². The first-order valence-electron chi connectivity index (χ1n) is 13.4. The summed E-state index contributed by atoms with van der Waals surface area (Å²) in [5.41, 5.74) is 7.68. The highest BCUT2D eigenvalue weighted by molar-refractivity contribution is 6.00. The Morgan fingerprint density at radius 3 is 1.29 bits per heavy atom. The molecule has 4 aliphatic carbocycles. The molecular formula is C34H34N2O2. The Morgan fingerprint density at radius 2 is 0.921 bits per heavy atom. The lowest BCUT2D eigenvalue weighted by Crippen LogP contribution is -2.30. The van der Waals surface area contributed by atoms with Gasteiger partial charge in [0.2, 0.25) is 0 Å². The molecule has 0 unspecified atom stereocenters. The summed E-state index contributed by atoms with van der Waals surface area (Å²) >= 11 is 0. The summed E-state index contributed by atoms with van der Waals surface area (Å²) in [6.07, 6.45) is 2.96. The van der Waals surface area contributed by atoms with Crippen LogP contribution in [0.3, 0.4) is 0 Å². The zero-order valence-electron chi connectivity index (χ0n) is 22.0. The van der Waals surface area contributed by atoms with Crippen LogP contribution in [0.2, 0.25) is 0 Å². The first kappa shape index (κ1) is 25.5. The Bertz CT molecular complexity index is 1300. The largest absolute Gasteiger partial charge is 0.346 e. The average Bonchev–Trinajstić information content (AvgIpc) is 2.95. The van der Waals surface area contributed by atoms with Gasteiger partial charge in [-0.3, -0.25) is 9.59 Å². The van der Waals surface area contributed by atoms with E-state index in [9.17, 15) is 9.59 Å². The van der Waals surface area contributed by atoms with Crippen molar-refractivity contribution < 1.29 is 9.59 Å². The number of carbonyl (C=O) groups excluding carboxylic acids is 2. The van der Waals surface area contributed by atoms with Gasteiger partial charge in [-0.2, -0.15) is 0 Å². The Hall–Kier alpha value is -4.18. The van der Waals surface area contributed by atoms with E-state index in [-0.39, 0.29) is 23.9 Å². The zero-order chi connectivity index (χ0) is 26.5. The predicted octanol–water partition coefficient (Wildman–Crippen LogP) is 6.55. The first-order valence-corrected chi connectivity index (χ1v) is 13.4. The molecule has 4 aromatic rings. The molecule has 4 aliphatic rings. The molecule has 0 aromatic heterocycles. The van der Waals surface area contributed by atoms with Crippen LogP contribution in [-0.2, 0) is 25.7 Å². The molecule has 0 fully saturated rings. The van der Waals surface area contributed by atoms with Crippen LogP contribution in [-0.4, -0.2) is 11.8 Å². The molecule has 4 bridgehead atoms. The van der Waals surface area contributed by atoms with Crippen molar-refractivity contribution in [2.75, 3.05) is 0 Å². The number of nitrogens with one attached hydrogen (secondary N) is 2. The number of hydrogen-bond acceptors (Lipinski definition) is 2. The fourth-order valence-corrected chi connectivity index (χ4v) is 5.16. The minimum atomic E-state index is -0.125. The molecule has 4 nitrogen and oxygen atoms in total. The van der Waals surface area contributed by atoms with E-state index in [1.165, 1.54) is 11.1 Å². The number of benzene rings is 4. The molecule has 2 atom stereocenters. The summed E-state index contributed by atoms with van der Waals surface area (Å²) in [6.45, 7) is 4.00. The maximum Gasteiger partial charge on any atom is 0.252 e. The van der Waals surface area contributed by atoms with E-state index in [2.05, 4.69) is 34.9 Å². The number of amides is 2. The van der Waals surface area contributed by atoms with Crippen LogP contribution >= 0.6 is 0 Å². The molecule has 4 aromatic carbocycles. The normalized spacial score (nSPS) is 14.2. The van der Waals surface area contributed by atoms with Crippen LogP contribution in [0.5, 0.6) is 0 Å². The highest BCUT2D eigenvalue weighted by Crippen LogP contribution is 2.25. The van der Waals surface area contributed by atoms with Crippen molar-refractivity contribution in [3.63, 3.8) is 0 Å². The van der Waals surface area contributed by atoms with Crippen molar-refractivity contribution in [1.82, 2.24) is 10.6 Å². The quantitative estimate of drug-likeness (QED) is 0.314. The second-order valence-corrected chi connectivity index (χ2v) is 10.2. The SMILES string of the molecule is C[C@H](NC(=O)c1cc2c(C(=O)N[C@@H](C)c3ccccc3)cc1CCc1ccc(cc1)CC2)c1ccccc1. The van der Waals surface area contributed by atoms with E-state index in [4.69, 9.17) is 0 Å². The maximum absolute atomic E-state index is 13.6. The average molecular weight is 503 g/mol. The lowest BCUT2D eigenvalue weighted by atomic mass is 9.89. The van der Waals surface area contributed by atoms with Crippen molar-refractivity contribution in [1.29, 1.82) is 0 Å². The first-order chi connectivity index (χ1) is 18.5. The molecular weight excluding hydrogens is 468 g/mol. The lowest BCUT2D eigenvalue weighted by Gasteiger charge is -2.21. The van der Waals surface area contributed by atoms with Crippen molar-refractivity contribution >= 4 is 11.8 Å². The summed E-state index contributed by atoms with van der Waals surface area (Å²) < 4.78 is 0. The monoisotopic (exact) mass is 502 g/mol. The van der Waals surface area contributed by atoms with Crippen LogP contribution in [0, 0.1) is 0 Å². The highest BCUT2D eigenvalue weighted by atomic mass is 16.2. The van der Waals surface area contributed by atoms with E-state index >= 15 is 0 Å². The molecule has 8 rings (SSSR count). The lowest BCUT2D eigenvalue weighted by molar-refractivity contribution is 0.0926. The molecule has 38 heavy (non-hydrogen) atoms. The van der Waals surface area contributed by atoms with Gasteiger partial charge in [0.1, 0.15) is 0 Å². The summed E-state index contributed by atoms with van der Waals surface area (Å²) in [5, 5.41) is 6.37. The van der Waals surface area contributed by atoms with E-state index in [1.54, 1.807) is 0 Å². The zero-order valence-corrected chi connectivity index (χ0v) is 22.0. The van der Waals surface area contributed by atoms with Gasteiger partial charge >= 0.3 is 0 Å². The predicted molar refractivity (Wildman–Crippen MR) is 152 cm³/mol. The van der Waals surface area contributed by atoms with E-state index in [0.717, 1.165) is 35.1 Å². The standard InChI is InChI=1S/C34H34N2O2/c1-23(27-9-5-3-6-10-27)35-33(37)31-21-30-20-18-26-15-13-25(14-16-26)17-19-29(31)22-32(30)34(38)36-24(2)28-11-7-4-8-12-28/h3-16,21-24H,17-20H2,1-2H3,(H,35,37)(H,36,38)/t23-,24-/m0/s1. The van der Waals surface area contributed by atoms with Gasteiger partial charge in [0.05, 0.1) is 12.1 Å². The highest BCUT2D eigenvalue weighted by Gasteiger charge is 2.22. The third-order valence-electron chi connectivity index (χ3n) is 7.50. The molecule has 2 amide bonds. The van der Waals surface area contributed by atoms with Gasteiger partial charge in [-0.15, -0.1) is 0 Å². The summed E-state index contributed by atoms with van der Waals surface area (Å²) in [7, 11) is 0. The number of carbonyl (C=O) groups is 2.